The van der Waals surface area contributed by atoms with E-state index in [-0.39, 0.29) is 11.8 Å². The Morgan fingerprint density at radius 1 is 1.35 bits per heavy atom. The Morgan fingerprint density at radius 3 is 2.90 bits per heavy atom. The van der Waals surface area contributed by atoms with Gasteiger partial charge in [-0.25, -0.2) is 0 Å². The standard InChI is InChI=1S/C14H19N3O2S/c18-13-10-17(8-6-15-13)11-14(19)16-7-9-20-12-4-2-1-3-5-12/h1-5H,6-11H2,(H,15,18)(H,16,19). The molecule has 0 unspecified atom stereocenters. The van der Waals surface area contributed by atoms with Crippen molar-refractivity contribution in [2.24, 2.45) is 0 Å². The number of hydrogen-bond acceptors (Lipinski definition) is 4. The maximum absolute atomic E-state index is 11.7. The maximum atomic E-state index is 11.7. The first-order valence-electron chi connectivity index (χ1n) is 6.67. The summed E-state index contributed by atoms with van der Waals surface area (Å²) in [6, 6.07) is 10.1. The summed E-state index contributed by atoms with van der Waals surface area (Å²) in [6.07, 6.45) is 0. The van der Waals surface area contributed by atoms with Crippen LogP contribution in [0.15, 0.2) is 35.2 Å². The molecule has 2 N–H and O–H groups in total. The van der Waals surface area contributed by atoms with Crippen LogP contribution < -0.4 is 10.6 Å². The van der Waals surface area contributed by atoms with Crippen LogP contribution in [-0.4, -0.2) is 55.2 Å². The fourth-order valence-corrected chi connectivity index (χ4v) is 2.75. The third-order valence-electron chi connectivity index (χ3n) is 2.92. The normalized spacial score (nSPS) is 15.7. The zero-order chi connectivity index (χ0) is 14.2. The molecule has 2 rings (SSSR count). The number of hydrogen-bond donors (Lipinski definition) is 2. The molecule has 0 spiro atoms. The van der Waals surface area contributed by atoms with Gasteiger partial charge in [-0.05, 0) is 12.1 Å². The fraction of sp³-hybridized carbons (Fsp3) is 0.429. The highest BCUT2D eigenvalue weighted by Crippen LogP contribution is 2.15. The van der Waals surface area contributed by atoms with Gasteiger partial charge >= 0.3 is 0 Å². The second-order valence-electron chi connectivity index (χ2n) is 4.57. The van der Waals surface area contributed by atoms with Crippen molar-refractivity contribution in [2.75, 3.05) is 38.5 Å². The number of nitrogens with zero attached hydrogens (tertiary/aromatic N) is 1. The number of thioether (sulfide) groups is 1. The third kappa shape index (κ3) is 5.22. The van der Waals surface area contributed by atoms with Crippen LogP contribution in [0.5, 0.6) is 0 Å². The Labute approximate surface area is 123 Å². The van der Waals surface area contributed by atoms with E-state index in [1.165, 1.54) is 4.90 Å². The molecule has 1 aliphatic rings. The van der Waals surface area contributed by atoms with E-state index in [0.29, 0.717) is 26.2 Å². The van der Waals surface area contributed by atoms with Crippen LogP contribution in [0.1, 0.15) is 0 Å². The van der Waals surface area contributed by atoms with Crippen molar-refractivity contribution >= 4 is 23.6 Å². The van der Waals surface area contributed by atoms with Gasteiger partial charge in [0.2, 0.25) is 11.8 Å². The van der Waals surface area contributed by atoms with E-state index in [1.807, 2.05) is 23.1 Å². The van der Waals surface area contributed by atoms with Gasteiger partial charge in [0.1, 0.15) is 0 Å². The maximum Gasteiger partial charge on any atom is 0.234 e. The van der Waals surface area contributed by atoms with Gasteiger partial charge in [-0.1, -0.05) is 18.2 Å². The number of rotatable bonds is 6. The molecule has 20 heavy (non-hydrogen) atoms. The van der Waals surface area contributed by atoms with Crippen LogP contribution in [0.25, 0.3) is 0 Å². The summed E-state index contributed by atoms with van der Waals surface area (Å²) < 4.78 is 0. The highest BCUT2D eigenvalue weighted by molar-refractivity contribution is 7.99. The van der Waals surface area contributed by atoms with Crippen molar-refractivity contribution in [3.05, 3.63) is 30.3 Å². The summed E-state index contributed by atoms with van der Waals surface area (Å²) in [5.74, 6) is 0.813. The van der Waals surface area contributed by atoms with E-state index >= 15 is 0 Å². The zero-order valence-corrected chi connectivity index (χ0v) is 12.1. The first kappa shape index (κ1) is 14.9. The molecular weight excluding hydrogens is 274 g/mol. The van der Waals surface area contributed by atoms with E-state index in [4.69, 9.17) is 0 Å². The summed E-state index contributed by atoms with van der Waals surface area (Å²) in [4.78, 5) is 26.0. The van der Waals surface area contributed by atoms with Gasteiger partial charge in [0, 0.05) is 30.3 Å². The van der Waals surface area contributed by atoms with Gasteiger partial charge in [-0.15, -0.1) is 11.8 Å². The predicted octanol–water partition coefficient (Wildman–Crippen LogP) is 0.327. The number of amides is 2. The molecule has 5 nitrogen and oxygen atoms in total. The molecule has 1 fully saturated rings. The smallest absolute Gasteiger partial charge is 0.234 e. The van der Waals surface area contributed by atoms with Crippen LogP contribution in [0.2, 0.25) is 0 Å². The number of carbonyl (C=O) groups excluding carboxylic acids is 2. The summed E-state index contributed by atoms with van der Waals surface area (Å²) in [5, 5.41) is 5.62. The van der Waals surface area contributed by atoms with Crippen LogP contribution >= 0.6 is 11.8 Å². The van der Waals surface area contributed by atoms with Crippen molar-refractivity contribution < 1.29 is 9.59 Å². The molecule has 6 heteroatoms. The minimum Gasteiger partial charge on any atom is -0.354 e. The van der Waals surface area contributed by atoms with Crippen LogP contribution in [0, 0.1) is 0 Å². The van der Waals surface area contributed by atoms with Gasteiger partial charge in [-0.3, -0.25) is 14.5 Å². The minimum absolute atomic E-state index is 0.0105. The Hall–Kier alpha value is -1.53. The van der Waals surface area contributed by atoms with Crippen LogP contribution in [0.4, 0.5) is 0 Å². The quantitative estimate of drug-likeness (QED) is 0.586. The molecule has 0 radical (unpaired) electrons. The van der Waals surface area contributed by atoms with Crippen LogP contribution in [0.3, 0.4) is 0 Å². The van der Waals surface area contributed by atoms with Crippen LogP contribution in [-0.2, 0) is 9.59 Å². The monoisotopic (exact) mass is 293 g/mol. The number of carbonyl (C=O) groups is 2. The lowest BCUT2D eigenvalue weighted by Crippen LogP contribution is -2.50. The number of piperazine rings is 1. The van der Waals surface area contributed by atoms with E-state index < -0.39 is 0 Å². The van der Waals surface area contributed by atoms with Crippen molar-refractivity contribution in [1.29, 1.82) is 0 Å². The highest BCUT2D eigenvalue weighted by atomic mass is 32.2. The number of benzene rings is 1. The molecule has 1 aliphatic heterocycles. The van der Waals surface area contributed by atoms with Gasteiger partial charge in [0.25, 0.3) is 0 Å². The fourth-order valence-electron chi connectivity index (χ4n) is 1.96. The third-order valence-corrected chi connectivity index (χ3v) is 3.93. The molecule has 1 aromatic carbocycles. The lowest BCUT2D eigenvalue weighted by atomic mass is 10.3. The van der Waals surface area contributed by atoms with E-state index in [1.54, 1.807) is 11.8 Å². The first-order valence-corrected chi connectivity index (χ1v) is 7.66. The lowest BCUT2D eigenvalue weighted by molar-refractivity contribution is -0.126. The number of nitrogens with one attached hydrogen (secondary N) is 2. The summed E-state index contributed by atoms with van der Waals surface area (Å²) >= 11 is 1.72. The van der Waals surface area contributed by atoms with E-state index in [0.717, 1.165) is 12.3 Å². The second-order valence-corrected chi connectivity index (χ2v) is 5.74. The average Bonchev–Trinajstić information content (AvgIpc) is 2.45. The molecule has 1 heterocycles. The Balaban J connectivity index is 1.59. The zero-order valence-electron chi connectivity index (χ0n) is 11.3. The minimum atomic E-state index is -0.0200. The van der Waals surface area contributed by atoms with E-state index in [9.17, 15) is 9.59 Å². The van der Waals surface area contributed by atoms with Crippen molar-refractivity contribution in [3.63, 3.8) is 0 Å². The molecule has 1 aromatic rings. The van der Waals surface area contributed by atoms with Gasteiger partial charge < -0.3 is 10.6 Å². The molecule has 2 amide bonds. The van der Waals surface area contributed by atoms with Crippen molar-refractivity contribution in [1.82, 2.24) is 15.5 Å². The summed E-state index contributed by atoms with van der Waals surface area (Å²) in [6.45, 7) is 2.60. The molecule has 0 aromatic heterocycles. The lowest BCUT2D eigenvalue weighted by Gasteiger charge is -2.25. The largest absolute Gasteiger partial charge is 0.354 e. The Bertz CT molecular complexity index is 453. The van der Waals surface area contributed by atoms with Gasteiger partial charge in [0.15, 0.2) is 0 Å². The summed E-state index contributed by atoms with van der Waals surface area (Å²) in [5.41, 5.74) is 0. The van der Waals surface area contributed by atoms with Crippen molar-refractivity contribution in [3.8, 4) is 0 Å². The predicted molar refractivity (Wildman–Crippen MR) is 79.6 cm³/mol. The molecule has 0 saturated carbocycles. The molecule has 0 atom stereocenters. The second kappa shape index (κ2) is 7.91. The van der Waals surface area contributed by atoms with Crippen molar-refractivity contribution in [2.45, 2.75) is 4.90 Å². The molecule has 108 valence electrons. The van der Waals surface area contributed by atoms with E-state index in [2.05, 4.69) is 22.8 Å². The Kier molecular flexibility index (Phi) is 5.88. The molecule has 1 saturated heterocycles. The summed E-state index contributed by atoms with van der Waals surface area (Å²) in [7, 11) is 0. The highest BCUT2D eigenvalue weighted by Gasteiger charge is 2.17. The first-order chi connectivity index (χ1) is 9.74. The Morgan fingerprint density at radius 2 is 2.15 bits per heavy atom. The molecule has 0 aliphatic carbocycles. The molecule has 0 bridgehead atoms. The van der Waals surface area contributed by atoms with Gasteiger partial charge in [0.05, 0.1) is 13.1 Å². The SMILES string of the molecule is O=C(CN1CCNC(=O)C1)NCCSc1ccccc1. The topological polar surface area (TPSA) is 61.4 Å². The average molecular weight is 293 g/mol. The van der Waals surface area contributed by atoms with Gasteiger partial charge in [-0.2, -0.15) is 0 Å². The molecular formula is C14H19N3O2S.